The first-order valence-corrected chi connectivity index (χ1v) is 14.4. The number of nitrogens with one attached hydrogen (secondary N) is 3. The van der Waals surface area contributed by atoms with Crippen LogP contribution in [0.5, 0.6) is 0 Å². The number of rotatable bonds is 7. The summed E-state index contributed by atoms with van der Waals surface area (Å²) in [5.41, 5.74) is 0.830. The Kier molecular flexibility index (Phi) is 6.66. The van der Waals surface area contributed by atoms with E-state index in [2.05, 4.69) is 15.4 Å². The minimum atomic E-state index is -3.65. The lowest BCUT2D eigenvalue weighted by Crippen LogP contribution is -2.46. The highest BCUT2D eigenvalue weighted by atomic mass is 35.5. The number of amides is 3. The van der Waals surface area contributed by atoms with Crippen LogP contribution in [0.25, 0.3) is 0 Å². The van der Waals surface area contributed by atoms with Crippen LogP contribution < -0.4 is 15.4 Å². The van der Waals surface area contributed by atoms with Gasteiger partial charge < -0.3 is 15.7 Å². The summed E-state index contributed by atoms with van der Waals surface area (Å²) in [7, 11) is -3.65. The summed E-state index contributed by atoms with van der Waals surface area (Å²) in [4.78, 5) is 39.5. The molecule has 3 unspecified atom stereocenters. The van der Waals surface area contributed by atoms with Crippen molar-refractivity contribution >= 4 is 51.9 Å². The van der Waals surface area contributed by atoms with Gasteiger partial charge in [-0.2, -0.15) is 0 Å². The molecule has 5 aliphatic rings. The quantitative estimate of drug-likeness (QED) is 0.391. The van der Waals surface area contributed by atoms with Gasteiger partial charge in [0, 0.05) is 17.6 Å². The lowest BCUT2D eigenvalue weighted by molar-refractivity contribution is -0.126. The van der Waals surface area contributed by atoms with E-state index in [1.54, 1.807) is 6.07 Å². The maximum Gasteiger partial charge on any atom is 0.408 e. The van der Waals surface area contributed by atoms with Crippen LogP contribution in [-0.4, -0.2) is 60.2 Å². The Hall–Kier alpha value is -2.08. The van der Waals surface area contributed by atoms with E-state index in [0.717, 1.165) is 24.0 Å². The van der Waals surface area contributed by atoms with Crippen molar-refractivity contribution in [3.63, 3.8) is 0 Å². The Morgan fingerprint density at radius 3 is 2.54 bits per heavy atom. The third kappa shape index (κ3) is 4.57. The molecule has 202 valence electrons. The van der Waals surface area contributed by atoms with Gasteiger partial charge in [-0.1, -0.05) is 23.7 Å². The molecular weight excluding hydrogens is 543 g/mol. The van der Waals surface area contributed by atoms with E-state index in [0.29, 0.717) is 37.3 Å². The van der Waals surface area contributed by atoms with Crippen LogP contribution in [-0.2, 0) is 26.2 Å². The van der Waals surface area contributed by atoms with Crippen LogP contribution in [0, 0.1) is 17.3 Å². The first-order valence-electron chi connectivity index (χ1n) is 12.5. The molecule has 3 amide bonds. The summed E-state index contributed by atoms with van der Waals surface area (Å²) in [6.07, 6.45) is 2.70. The zero-order valence-corrected chi connectivity index (χ0v) is 22.4. The number of benzene rings is 1. The Morgan fingerprint density at radius 1 is 1.16 bits per heavy atom. The Labute approximate surface area is 226 Å². The molecule has 13 heteroatoms. The standard InChI is InChI=1S/C24H29ClN4O6S.ClH/c25-17-3-1-2-15-16(17)11-29(23(32)33)20(15)12-8-18(26-10-12)21(30)27-19-9-24(19,13-4-5-13)22(31)28-36(34,35)14-6-7-14;/h1-3,12-14,18-20,26H,4-11H2,(H,27,30)(H,28,31)(H,32,33);1H/t12-,18+,19?,20?,24?;/m1./s1. The molecule has 1 aromatic rings. The van der Waals surface area contributed by atoms with Crippen molar-refractivity contribution in [2.45, 2.75) is 68.4 Å². The van der Waals surface area contributed by atoms with Crippen LogP contribution in [0.1, 0.15) is 55.7 Å². The molecule has 4 fully saturated rings. The van der Waals surface area contributed by atoms with E-state index >= 15 is 0 Å². The number of carbonyl (C=O) groups is 3. The van der Waals surface area contributed by atoms with Gasteiger partial charge in [-0.15, -0.1) is 12.4 Å². The molecule has 0 radical (unpaired) electrons. The van der Waals surface area contributed by atoms with Gasteiger partial charge in [0.05, 0.1) is 29.3 Å². The molecule has 2 heterocycles. The van der Waals surface area contributed by atoms with Crippen molar-refractivity contribution in [3.05, 3.63) is 34.3 Å². The normalized spacial score (nSPS) is 32.3. The molecule has 4 N–H and O–H groups in total. The van der Waals surface area contributed by atoms with Gasteiger partial charge in [-0.3, -0.25) is 19.2 Å². The lowest BCUT2D eigenvalue weighted by atomic mass is 9.90. The summed E-state index contributed by atoms with van der Waals surface area (Å²) < 4.78 is 26.9. The second kappa shape index (κ2) is 9.29. The predicted molar refractivity (Wildman–Crippen MR) is 137 cm³/mol. The predicted octanol–water partition coefficient (Wildman–Crippen LogP) is 2.17. The zero-order chi connectivity index (χ0) is 25.4. The fourth-order valence-electron chi connectivity index (χ4n) is 6.26. The van der Waals surface area contributed by atoms with E-state index in [9.17, 15) is 27.9 Å². The highest BCUT2D eigenvalue weighted by Gasteiger charge is 2.68. The molecule has 0 bridgehead atoms. The van der Waals surface area contributed by atoms with Gasteiger partial charge in [0.1, 0.15) is 0 Å². The lowest BCUT2D eigenvalue weighted by Gasteiger charge is -2.27. The third-order valence-electron chi connectivity index (χ3n) is 8.56. The van der Waals surface area contributed by atoms with E-state index < -0.39 is 50.8 Å². The molecule has 6 rings (SSSR count). The van der Waals surface area contributed by atoms with Gasteiger partial charge in [0.15, 0.2) is 0 Å². The van der Waals surface area contributed by atoms with Crippen molar-refractivity contribution in [2.24, 2.45) is 17.3 Å². The highest BCUT2D eigenvalue weighted by molar-refractivity contribution is 7.90. The minimum absolute atomic E-state index is 0. The summed E-state index contributed by atoms with van der Waals surface area (Å²) >= 11 is 6.33. The largest absolute Gasteiger partial charge is 0.465 e. The molecule has 1 aromatic carbocycles. The van der Waals surface area contributed by atoms with E-state index in [1.165, 1.54) is 4.90 Å². The number of carbonyl (C=O) groups excluding carboxylic acids is 2. The van der Waals surface area contributed by atoms with Crippen molar-refractivity contribution in [1.82, 2.24) is 20.3 Å². The first-order chi connectivity index (χ1) is 17.1. The zero-order valence-electron chi connectivity index (χ0n) is 20.0. The van der Waals surface area contributed by atoms with Gasteiger partial charge in [-0.05, 0) is 67.6 Å². The molecule has 3 aliphatic carbocycles. The first kappa shape index (κ1) is 26.5. The van der Waals surface area contributed by atoms with Crippen LogP contribution in [0.2, 0.25) is 5.02 Å². The van der Waals surface area contributed by atoms with Crippen LogP contribution in [0.4, 0.5) is 4.79 Å². The highest BCUT2D eigenvalue weighted by Crippen LogP contribution is 2.61. The fraction of sp³-hybridized carbons (Fsp3) is 0.625. The number of nitrogens with zero attached hydrogens (tertiary/aromatic N) is 1. The molecular formula is C24H30Cl2N4O6S. The van der Waals surface area contributed by atoms with E-state index in [4.69, 9.17) is 11.6 Å². The summed E-state index contributed by atoms with van der Waals surface area (Å²) in [6, 6.07) is 4.14. The molecule has 3 saturated carbocycles. The fourth-order valence-corrected chi connectivity index (χ4v) is 7.87. The molecule has 1 saturated heterocycles. The Bertz CT molecular complexity index is 1250. The van der Waals surface area contributed by atoms with Crippen molar-refractivity contribution in [1.29, 1.82) is 0 Å². The average molecular weight is 573 g/mol. The van der Waals surface area contributed by atoms with Gasteiger partial charge in [0.2, 0.25) is 21.8 Å². The van der Waals surface area contributed by atoms with Gasteiger partial charge >= 0.3 is 6.09 Å². The topological polar surface area (TPSA) is 145 Å². The summed E-state index contributed by atoms with van der Waals surface area (Å²) in [5, 5.41) is 16.1. The molecule has 10 nitrogen and oxygen atoms in total. The molecule has 37 heavy (non-hydrogen) atoms. The number of fused-ring (bicyclic) bond motifs is 1. The van der Waals surface area contributed by atoms with Crippen LogP contribution >= 0.6 is 24.0 Å². The Morgan fingerprint density at radius 2 is 1.89 bits per heavy atom. The van der Waals surface area contributed by atoms with Gasteiger partial charge in [0.25, 0.3) is 0 Å². The number of carboxylic acid groups (broad SMARTS) is 1. The Balaban J connectivity index is 0.00000280. The van der Waals surface area contributed by atoms with Crippen molar-refractivity contribution in [3.8, 4) is 0 Å². The SMILES string of the molecule is Cl.O=C(NC1CC1(C(=O)NS(=O)(=O)C1CC1)C1CC1)[C@@H]1C[C@@H](C2c3cccc(Cl)c3CN2C(=O)O)CN1. The monoisotopic (exact) mass is 572 g/mol. The molecule has 2 aliphatic heterocycles. The second-order valence-electron chi connectivity index (χ2n) is 10.9. The summed E-state index contributed by atoms with van der Waals surface area (Å²) in [5.74, 6) is -0.758. The number of hydrogen-bond donors (Lipinski definition) is 4. The van der Waals surface area contributed by atoms with Gasteiger partial charge in [-0.25, -0.2) is 13.2 Å². The molecule has 5 atom stereocenters. The van der Waals surface area contributed by atoms with Crippen LogP contribution in [0.15, 0.2) is 18.2 Å². The third-order valence-corrected chi connectivity index (χ3v) is 10.7. The van der Waals surface area contributed by atoms with E-state index in [-0.39, 0.29) is 36.7 Å². The molecule has 0 aromatic heterocycles. The smallest absolute Gasteiger partial charge is 0.408 e. The number of sulfonamides is 1. The minimum Gasteiger partial charge on any atom is -0.465 e. The summed E-state index contributed by atoms with van der Waals surface area (Å²) in [6.45, 7) is 0.685. The second-order valence-corrected chi connectivity index (χ2v) is 13.2. The maximum absolute atomic E-state index is 13.2. The number of halogens is 2. The molecule has 0 spiro atoms. The number of hydrogen-bond acceptors (Lipinski definition) is 6. The van der Waals surface area contributed by atoms with Crippen molar-refractivity contribution < 1.29 is 27.9 Å². The average Bonchev–Trinajstić information content (AvgIpc) is 3.71. The maximum atomic E-state index is 13.2. The van der Waals surface area contributed by atoms with E-state index in [1.807, 2.05) is 12.1 Å². The van der Waals surface area contributed by atoms with Crippen molar-refractivity contribution in [2.75, 3.05) is 6.54 Å². The van der Waals surface area contributed by atoms with Crippen LogP contribution in [0.3, 0.4) is 0 Å².